The number of aromatic nitrogens is 3. The van der Waals surface area contributed by atoms with Crippen molar-refractivity contribution < 1.29 is 13.7 Å². The minimum Gasteiger partial charge on any atom is -0.355 e. The van der Waals surface area contributed by atoms with Gasteiger partial charge in [0.15, 0.2) is 11.5 Å². The fourth-order valence-electron chi connectivity index (χ4n) is 2.92. The molecular weight excluding hydrogens is 311 g/mol. The van der Waals surface area contributed by atoms with Gasteiger partial charge in [0.1, 0.15) is 5.82 Å². The van der Waals surface area contributed by atoms with Crippen LogP contribution in [-0.2, 0) is 12.8 Å². The van der Waals surface area contributed by atoms with Crippen LogP contribution in [0.5, 0.6) is 0 Å². The van der Waals surface area contributed by atoms with Crippen molar-refractivity contribution in [3.05, 3.63) is 59.6 Å². The molecule has 4 rings (SSSR count). The molecular formula is C17H15FN4O2. The van der Waals surface area contributed by atoms with Crippen LogP contribution in [0.1, 0.15) is 28.3 Å². The van der Waals surface area contributed by atoms with Crippen molar-refractivity contribution >= 4 is 5.91 Å². The third kappa shape index (κ3) is 2.80. The summed E-state index contributed by atoms with van der Waals surface area (Å²) in [5.74, 6) is -0.175. The number of hydrogen-bond acceptors (Lipinski definition) is 4. The highest BCUT2D eigenvalue weighted by molar-refractivity contribution is 5.93. The Bertz CT molecular complexity index is 869. The van der Waals surface area contributed by atoms with Crippen LogP contribution in [0.25, 0.3) is 11.3 Å². The number of halogens is 1. The monoisotopic (exact) mass is 326 g/mol. The maximum atomic E-state index is 13.0. The summed E-state index contributed by atoms with van der Waals surface area (Å²) in [4.78, 5) is 19.7. The lowest BCUT2D eigenvalue weighted by Gasteiger charge is -2.21. The zero-order chi connectivity index (χ0) is 16.5. The van der Waals surface area contributed by atoms with Crippen LogP contribution in [-0.4, -0.2) is 27.1 Å². The number of nitrogens with zero attached hydrogens (tertiary/aromatic N) is 2. The van der Waals surface area contributed by atoms with Crippen molar-refractivity contribution in [1.82, 2.24) is 20.4 Å². The highest BCUT2D eigenvalue weighted by Gasteiger charge is 2.23. The average molecular weight is 326 g/mol. The van der Waals surface area contributed by atoms with Crippen molar-refractivity contribution in [2.45, 2.75) is 25.3 Å². The topological polar surface area (TPSA) is 83.8 Å². The first-order valence-electron chi connectivity index (χ1n) is 7.73. The summed E-state index contributed by atoms with van der Waals surface area (Å²) in [6.07, 6.45) is 4.08. The minimum absolute atomic E-state index is 0.0384. The lowest BCUT2D eigenvalue weighted by atomic mass is 9.96. The normalized spacial score (nSPS) is 16.6. The number of aryl methyl sites for hydroxylation is 1. The zero-order valence-electron chi connectivity index (χ0n) is 12.8. The van der Waals surface area contributed by atoms with Crippen LogP contribution in [0.15, 0.2) is 41.2 Å². The molecule has 0 saturated heterocycles. The van der Waals surface area contributed by atoms with E-state index < -0.39 is 0 Å². The molecule has 6 nitrogen and oxygen atoms in total. The Labute approximate surface area is 137 Å². The van der Waals surface area contributed by atoms with Crippen LogP contribution < -0.4 is 5.32 Å². The van der Waals surface area contributed by atoms with Gasteiger partial charge in [-0.15, -0.1) is 0 Å². The second kappa shape index (κ2) is 5.92. The molecule has 1 amide bonds. The molecule has 2 N–H and O–H groups in total. The summed E-state index contributed by atoms with van der Waals surface area (Å²) in [5, 5.41) is 6.78. The van der Waals surface area contributed by atoms with Crippen LogP contribution in [0.2, 0.25) is 0 Å². The first kappa shape index (κ1) is 14.6. The number of amides is 1. The van der Waals surface area contributed by atoms with E-state index in [4.69, 9.17) is 4.52 Å². The summed E-state index contributed by atoms with van der Waals surface area (Å²) < 4.78 is 18.2. The van der Waals surface area contributed by atoms with Gasteiger partial charge < -0.3 is 14.8 Å². The molecule has 0 bridgehead atoms. The zero-order valence-corrected chi connectivity index (χ0v) is 12.8. The van der Waals surface area contributed by atoms with Crippen LogP contribution in [0.4, 0.5) is 4.39 Å². The van der Waals surface area contributed by atoms with E-state index in [9.17, 15) is 9.18 Å². The van der Waals surface area contributed by atoms with E-state index in [1.807, 2.05) is 0 Å². The predicted molar refractivity (Wildman–Crippen MR) is 83.8 cm³/mol. The van der Waals surface area contributed by atoms with Gasteiger partial charge in [0.2, 0.25) is 0 Å². The fourth-order valence-corrected chi connectivity index (χ4v) is 2.92. The first-order chi connectivity index (χ1) is 11.7. The van der Waals surface area contributed by atoms with Crippen LogP contribution in [0, 0.1) is 5.82 Å². The van der Waals surface area contributed by atoms with Gasteiger partial charge in [-0.25, -0.2) is 9.37 Å². The van der Waals surface area contributed by atoms with E-state index in [-0.39, 0.29) is 23.5 Å². The standard InChI is InChI=1S/C17H15FN4O2/c18-11-3-1-10(2-4-11)16-8-15(22-24-16)17(23)21-12-5-6-13-14(7-12)20-9-19-13/h1-4,8-9,12H,5-7H2,(H,19,20)(H,21,23). The Kier molecular flexibility index (Phi) is 3.60. The Balaban J connectivity index is 1.45. The quantitative estimate of drug-likeness (QED) is 0.774. The van der Waals surface area contributed by atoms with E-state index in [0.717, 1.165) is 30.7 Å². The molecule has 0 saturated carbocycles. The SMILES string of the molecule is O=C(NC1CCc2nc[nH]c2C1)c1cc(-c2ccc(F)cc2)on1. The minimum atomic E-state index is -0.327. The molecule has 2 heterocycles. The van der Waals surface area contributed by atoms with E-state index in [1.54, 1.807) is 24.5 Å². The van der Waals surface area contributed by atoms with E-state index in [0.29, 0.717) is 11.3 Å². The Morgan fingerprint density at radius 2 is 2.17 bits per heavy atom. The van der Waals surface area contributed by atoms with E-state index in [1.165, 1.54) is 12.1 Å². The molecule has 1 aromatic carbocycles. The van der Waals surface area contributed by atoms with Gasteiger partial charge in [-0.05, 0) is 37.1 Å². The number of hydrogen-bond donors (Lipinski definition) is 2. The van der Waals surface area contributed by atoms with Crippen molar-refractivity contribution in [3.63, 3.8) is 0 Å². The molecule has 122 valence electrons. The summed E-state index contributed by atoms with van der Waals surface area (Å²) in [6.45, 7) is 0. The summed E-state index contributed by atoms with van der Waals surface area (Å²) in [5.41, 5.74) is 3.02. The maximum Gasteiger partial charge on any atom is 0.273 e. The fraction of sp³-hybridized carbons (Fsp3) is 0.235. The van der Waals surface area contributed by atoms with Gasteiger partial charge in [-0.2, -0.15) is 0 Å². The van der Waals surface area contributed by atoms with E-state index >= 15 is 0 Å². The Morgan fingerprint density at radius 1 is 1.33 bits per heavy atom. The maximum absolute atomic E-state index is 13.0. The highest BCUT2D eigenvalue weighted by atomic mass is 19.1. The smallest absolute Gasteiger partial charge is 0.273 e. The molecule has 1 atom stereocenters. The molecule has 7 heteroatoms. The Hall–Kier alpha value is -2.96. The third-order valence-corrected chi connectivity index (χ3v) is 4.19. The average Bonchev–Trinajstić information content (AvgIpc) is 3.24. The molecule has 0 radical (unpaired) electrons. The molecule has 1 aliphatic rings. The van der Waals surface area contributed by atoms with Gasteiger partial charge >= 0.3 is 0 Å². The second-order valence-corrected chi connectivity index (χ2v) is 5.82. The highest BCUT2D eigenvalue weighted by Crippen LogP contribution is 2.21. The Morgan fingerprint density at radius 3 is 3.00 bits per heavy atom. The number of rotatable bonds is 3. The molecule has 1 unspecified atom stereocenters. The lowest BCUT2D eigenvalue weighted by molar-refractivity contribution is 0.0924. The van der Waals surface area contributed by atoms with Crippen molar-refractivity contribution in [2.24, 2.45) is 0 Å². The second-order valence-electron chi connectivity index (χ2n) is 5.82. The molecule has 2 aromatic heterocycles. The number of aromatic amines is 1. The largest absolute Gasteiger partial charge is 0.355 e. The number of fused-ring (bicyclic) bond motifs is 1. The van der Waals surface area contributed by atoms with Crippen molar-refractivity contribution in [2.75, 3.05) is 0 Å². The van der Waals surface area contributed by atoms with Gasteiger partial charge in [-0.1, -0.05) is 5.16 Å². The third-order valence-electron chi connectivity index (χ3n) is 4.19. The predicted octanol–water partition coefficient (Wildman–Crippen LogP) is 2.49. The van der Waals surface area contributed by atoms with Crippen LogP contribution >= 0.6 is 0 Å². The van der Waals surface area contributed by atoms with E-state index in [2.05, 4.69) is 20.4 Å². The molecule has 0 spiro atoms. The number of nitrogens with one attached hydrogen (secondary N) is 2. The van der Waals surface area contributed by atoms with Crippen LogP contribution in [0.3, 0.4) is 0 Å². The number of benzene rings is 1. The molecule has 0 fully saturated rings. The van der Waals surface area contributed by atoms with Crippen molar-refractivity contribution in [3.8, 4) is 11.3 Å². The molecule has 0 aliphatic heterocycles. The molecule has 1 aliphatic carbocycles. The number of carbonyl (C=O) groups is 1. The lowest BCUT2D eigenvalue weighted by Crippen LogP contribution is -2.39. The summed E-state index contributed by atoms with van der Waals surface area (Å²) >= 11 is 0. The number of imidazole rings is 1. The summed E-state index contributed by atoms with van der Waals surface area (Å²) in [7, 11) is 0. The van der Waals surface area contributed by atoms with Gasteiger partial charge in [0.25, 0.3) is 5.91 Å². The number of H-pyrrole nitrogens is 1. The summed E-state index contributed by atoms with van der Waals surface area (Å²) in [6, 6.07) is 7.43. The van der Waals surface area contributed by atoms with Gasteiger partial charge in [-0.3, -0.25) is 4.79 Å². The molecule has 24 heavy (non-hydrogen) atoms. The van der Waals surface area contributed by atoms with Gasteiger partial charge in [0, 0.05) is 29.8 Å². The first-order valence-corrected chi connectivity index (χ1v) is 7.73. The van der Waals surface area contributed by atoms with Gasteiger partial charge in [0.05, 0.1) is 12.0 Å². The number of carbonyl (C=O) groups excluding carboxylic acids is 1. The molecule has 3 aromatic rings. The van der Waals surface area contributed by atoms with Crippen molar-refractivity contribution in [1.29, 1.82) is 0 Å².